The second kappa shape index (κ2) is 5.68. The minimum atomic E-state index is -0.196. The van der Waals surface area contributed by atoms with E-state index in [0.717, 1.165) is 12.8 Å². The minimum absolute atomic E-state index is 0.196. The first-order chi connectivity index (χ1) is 7.79. The zero-order chi connectivity index (χ0) is 13.1. The van der Waals surface area contributed by atoms with E-state index in [0.29, 0.717) is 5.92 Å². The summed E-state index contributed by atoms with van der Waals surface area (Å²) in [6.07, 6.45) is 1.73. The lowest BCUT2D eigenvalue weighted by atomic mass is 9.86. The lowest BCUT2D eigenvalue weighted by Gasteiger charge is -2.20. The van der Waals surface area contributed by atoms with Gasteiger partial charge in [-0.15, -0.1) is 0 Å². The van der Waals surface area contributed by atoms with Crippen molar-refractivity contribution in [3.05, 3.63) is 35.4 Å². The molecule has 0 aromatic heterocycles. The van der Waals surface area contributed by atoms with Gasteiger partial charge < -0.3 is 5.11 Å². The molecule has 0 heterocycles. The van der Waals surface area contributed by atoms with Gasteiger partial charge in [-0.3, -0.25) is 0 Å². The molecule has 96 valence electrons. The van der Waals surface area contributed by atoms with Crippen molar-refractivity contribution in [3.63, 3.8) is 0 Å². The predicted molar refractivity (Wildman–Crippen MR) is 74.3 cm³/mol. The Kier molecular flexibility index (Phi) is 4.76. The van der Waals surface area contributed by atoms with E-state index in [1.807, 2.05) is 6.92 Å². The maximum absolute atomic E-state index is 9.35. The van der Waals surface area contributed by atoms with Crippen LogP contribution >= 0.6 is 0 Å². The van der Waals surface area contributed by atoms with Gasteiger partial charge in [-0.2, -0.15) is 0 Å². The molecule has 1 aromatic rings. The second-order valence-electron chi connectivity index (χ2n) is 6.34. The molecule has 0 fully saturated rings. The molecule has 0 bridgehead atoms. The quantitative estimate of drug-likeness (QED) is 0.837. The fraction of sp³-hybridized carbons (Fsp3) is 0.625. The molecule has 0 spiro atoms. The molecule has 17 heavy (non-hydrogen) atoms. The van der Waals surface area contributed by atoms with Crippen LogP contribution in [0.2, 0.25) is 0 Å². The van der Waals surface area contributed by atoms with Gasteiger partial charge in [-0.1, -0.05) is 52.0 Å². The van der Waals surface area contributed by atoms with Crippen LogP contribution in [0.25, 0.3) is 0 Å². The van der Waals surface area contributed by atoms with Gasteiger partial charge in [0, 0.05) is 0 Å². The van der Waals surface area contributed by atoms with Crippen LogP contribution < -0.4 is 0 Å². The molecule has 0 aliphatic carbocycles. The maximum atomic E-state index is 9.35. The van der Waals surface area contributed by atoms with Crippen LogP contribution in [0, 0.1) is 5.92 Å². The lowest BCUT2D eigenvalue weighted by molar-refractivity contribution is 0.164. The van der Waals surface area contributed by atoms with Gasteiger partial charge in [0.2, 0.25) is 0 Å². The van der Waals surface area contributed by atoms with Gasteiger partial charge in [0.25, 0.3) is 0 Å². The molecule has 1 N–H and O–H groups in total. The van der Waals surface area contributed by atoms with Crippen LogP contribution in [0.5, 0.6) is 0 Å². The Labute approximate surface area is 106 Å². The van der Waals surface area contributed by atoms with Crippen molar-refractivity contribution in [2.45, 2.75) is 59.0 Å². The summed E-state index contributed by atoms with van der Waals surface area (Å²) in [5.74, 6) is 0.537. The van der Waals surface area contributed by atoms with E-state index in [4.69, 9.17) is 0 Å². The molecule has 0 amide bonds. The summed E-state index contributed by atoms with van der Waals surface area (Å²) in [6, 6.07) is 8.90. The molecular formula is C16H26O. The van der Waals surface area contributed by atoms with Crippen molar-refractivity contribution in [3.8, 4) is 0 Å². The molecule has 1 rings (SSSR count). The van der Waals surface area contributed by atoms with E-state index in [2.05, 4.69) is 52.0 Å². The Morgan fingerprint density at radius 1 is 1.06 bits per heavy atom. The summed E-state index contributed by atoms with van der Waals surface area (Å²) in [4.78, 5) is 0. The molecule has 1 heteroatoms. The van der Waals surface area contributed by atoms with Gasteiger partial charge in [-0.25, -0.2) is 0 Å². The Morgan fingerprint density at radius 3 is 2.00 bits per heavy atom. The third-order valence-electron chi connectivity index (χ3n) is 3.15. The van der Waals surface area contributed by atoms with Gasteiger partial charge >= 0.3 is 0 Å². The SMILES string of the molecule is CC(O)CC(C)Cc1ccc(C(C)(C)C)cc1. The fourth-order valence-corrected chi connectivity index (χ4v) is 2.21. The topological polar surface area (TPSA) is 20.2 Å². The van der Waals surface area contributed by atoms with E-state index >= 15 is 0 Å². The number of hydrogen-bond donors (Lipinski definition) is 1. The van der Waals surface area contributed by atoms with Crippen molar-refractivity contribution >= 4 is 0 Å². The molecule has 0 saturated carbocycles. The van der Waals surface area contributed by atoms with Crippen LogP contribution in [0.4, 0.5) is 0 Å². The van der Waals surface area contributed by atoms with Crippen molar-refractivity contribution in [2.24, 2.45) is 5.92 Å². The first-order valence-corrected chi connectivity index (χ1v) is 6.56. The summed E-state index contributed by atoms with van der Waals surface area (Å²) in [5.41, 5.74) is 2.97. The number of hydrogen-bond acceptors (Lipinski definition) is 1. The maximum Gasteiger partial charge on any atom is 0.0514 e. The standard InChI is InChI=1S/C16H26O/c1-12(10-13(2)17)11-14-6-8-15(9-7-14)16(3,4)5/h6-9,12-13,17H,10-11H2,1-5H3. The van der Waals surface area contributed by atoms with E-state index < -0.39 is 0 Å². The number of aliphatic hydroxyl groups is 1. The molecular weight excluding hydrogens is 208 g/mol. The number of aliphatic hydroxyl groups excluding tert-OH is 1. The summed E-state index contributed by atoms with van der Waals surface area (Å²) in [6.45, 7) is 10.8. The Morgan fingerprint density at radius 2 is 1.59 bits per heavy atom. The molecule has 1 aromatic carbocycles. The highest BCUT2D eigenvalue weighted by atomic mass is 16.3. The largest absolute Gasteiger partial charge is 0.393 e. The molecule has 0 aliphatic rings. The highest BCUT2D eigenvalue weighted by Crippen LogP contribution is 2.23. The molecule has 2 unspecified atom stereocenters. The number of rotatable bonds is 4. The fourth-order valence-electron chi connectivity index (χ4n) is 2.21. The smallest absolute Gasteiger partial charge is 0.0514 e. The number of benzene rings is 1. The molecule has 2 atom stereocenters. The highest BCUT2D eigenvalue weighted by Gasteiger charge is 2.13. The Hall–Kier alpha value is -0.820. The lowest BCUT2D eigenvalue weighted by Crippen LogP contribution is -2.12. The van der Waals surface area contributed by atoms with Crippen LogP contribution in [0.1, 0.15) is 52.2 Å². The van der Waals surface area contributed by atoms with Gasteiger partial charge in [0.1, 0.15) is 0 Å². The van der Waals surface area contributed by atoms with Crippen molar-refractivity contribution < 1.29 is 5.11 Å². The molecule has 1 nitrogen and oxygen atoms in total. The van der Waals surface area contributed by atoms with E-state index in [1.165, 1.54) is 11.1 Å². The van der Waals surface area contributed by atoms with Crippen LogP contribution in [-0.4, -0.2) is 11.2 Å². The molecule has 0 aliphatic heterocycles. The Balaban J connectivity index is 2.63. The van der Waals surface area contributed by atoms with Crippen molar-refractivity contribution in [2.75, 3.05) is 0 Å². The first-order valence-electron chi connectivity index (χ1n) is 6.56. The first kappa shape index (κ1) is 14.2. The second-order valence-corrected chi connectivity index (χ2v) is 6.34. The normalized spacial score (nSPS) is 15.6. The van der Waals surface area contributed by atoms with Gasteiger partial charge in [0.15, 0.2) is 0 Å². The molecule has 0 saturated heterocycles. The summed E-state index contributed by atoms with van der Waals surface area (Å²) in [5, 5.41) is 9.35. The van der Waals surface area contributed by atoms with E-state index in [1.54, 1.807) is 0 Å². The minimum Gasteiger partial charge on any atom is -0.393 e. The van der Waals surface area contributed by atoms with E-state index in [-0.39, 0.29) is 11.5 Å². The summed E-state index contributed by atoms with van der Waals surface area (Å²) >= 11 is 0. The summed E-state index contributed by atoms with van der Waals surface area (Å²) in [7, 11) is 0. The van der Waals surface area contributed by atoms with Gasteiger partial charge in [0.05, 0.1) is 6.10 Å². The van der Waals surface area contributed by atoms with Crippen LogP contribution in [0.15, 0.2) is 24.3 Å². The molecule has 0 radical (unpaired) electrons. The van der Waals surface area contributed by atoms with E-state index in [9.17, 15) is 5.11 Å². The summed E-state index contributed by atoms with van der Waals surface area (Å²) < 4.78 is 0. The third kappa shape index (κ3) is 4.91. The monoisotopic (exact) mass is 234 g/mol. The van der Waals surface area contributed by atoms with Crippen molar-refractivity contribution in [1.29, 1.82) is 0 Å². The zero-order valence-electron chi connectivity index (χ0n) is 11.8. The Bertz CT molecular complexity index is 330. The van der Waals surface area contributed by atoms with Gasteiger partial charge in [-0.05, 0) is 42.2 Å². The highest BCUT2D eigenvalue weighted by molar-refractivity contribution is 5.27. The van der Waals surface area contributed by atoms with Crippen LogP contribution in [-0.2, 0) is 11.8 Å². The van der Waals surface area contributed by atoms with Crippen LogP contribution in [0.3, 0.4) is 0 Å². The van der Waals surface area contributed by atoms with Crippen molar-refractivity contribution in [1.82, 2.24) is 0 Å². The average molecular weight is 234 g/mol. The average Bonchev–Trinajstić information content (AvgIpc) is 2.15. The predicted octanol–water partition coefficient (Wildman–Crippen LogP) is 3.93. The zero-order valence-corrected chi connectivity index (χ0v) is 11.8. The third-order valence-corrected chi connectivity index (χ3v) is 3.15.